The lowest BCUT2D eigenvalue weighted by Crippen LogP contribution is -2.61. The Hall–Kier alpha value is -11.0. The minimum Gasteiger partial charge on any atom is -0.460 e. The first-order chi connectivity index (χ1) is 67.5. The Kier molecular flexibility index (Phi) is 40.6. The molecule has 1 saturated carbocycles. The number of carbonyl (C=O) groups excluding carboxylic acids is 7. The molecule has 7 N–H and O–H groups in total. The summed E-state index contributed by atoms with van der Waals surface area (Å²) in [5.41, 5.74) is 21.4. The number of cyclic esters (lactones) is 1. The normalized spacial score (nSPS) is 26.6. The van der Waals surface area contributed by atoms with Crippen molar-refractivity contribution in [2.75, 3.05) is 149 Å². The quantitative estimate of drug-likeness (QED) is 0.0117. The van der Waals surface area contributed by atoms with E-state index in [2.05, 4.69) is 70.2 Å². The molecule has 0 unspecified atom stereocenters. The summed E-state index contributed by atoms with van der Waals surface area (Å²) in [5, 5.41) is 32.1. The van der Waals surface area contributed by atoms with E-state index in [-0.39, 0.29) is 79.1 Å². The number of benzene rings is 2. The molecule has 140 heavy (non-hydrogen) atoms. The van der Waals surface area contributed by atoms with Crippen LogP contribution in [0.5, 0.6) is 0 Å². The van der Waals surface area contributed by atoms with Crippen molar-refractivity contribution in [2.45, 2.75) is 238 Å². The third kappa shape index (κ3) is 28.9. The van der Waals surface area contributed by atoms with Crippen LogP contribution >= 0.6 is 0 Å². The van der Waals surface area contributed by atoms with E-state index in [9.17, 15) is 43.8 Å². The number of piperazine rings is 1. The number of fused-ring (bicyclic) bond motifs is 6. The van der Waals surface area contributed by atoms with Crippen LogP contribution in [0.15, 0.2) is 120 Å². The number of carbonyl (C=O) groups is 7. The first kappa shape index (κ1) is 108. The SMILES string of the molecule is CCCOCCOCCOCCOCCC(=O)N1CCc2cc(Cn3nc(-c4ccc5oc(N)nc5c4)c4c(N)ncnc43)ccc2C1.CNC(=O)c1cnc(N2CCN(c3ncc(CCC(=O)O[C@@H]4CC[C@@H](C[C@@H](C)[C@@H]5C[C@@H](OC)[C@H](C)/C=C(\C)[C@@H](O)[C@@H](OC)C(=O)[C@H](C)C[C@H](C)/C=C/C=C/C=C(\C)[C@@H](OC)C[C@@H]6CC[C@@H](C)[C@@](O)(O6)C(=O)C(=O)N6CCCC[C@H]6C(=O)O5)C[C@H]4OC)cn3)CC2)nc1. The first-order valence-electron chi connectivity index (χ1n) is 49.4. The standard InChI is InChI=1S/C69H102N8O15.C34H42N8O6/c1-42-18-14-13-15-19-43(2)55(86-9)36-52-24-21-48(7)69(85,92-52)63(81)65(83)77-27-17-16-20-53(77)66(84)91-57(37-56(87-10)44(3)33-47(6)61(80)62(89-12)60(79)46(5)32-42)45(4)34-49-22-25-54(58(35-49)88-11)90-59(78)26-23-50-38-71-67(72-39-50)75-28-30-76(31-29-75)68-73-40-51(41-74-68)64(82)70-8;1-2-10-44-12-14-46-16-17-47-15-13-45-11-8-29(43)41-9-7-24-18-23(3-4-26(24)21-41)20-42-33-30(32(35)37-22-38-33)31(40-42)25-5-6-28-27(19-25)39-34(36)48-28/h13-15,18-19,33,38-42,44-46,48-49,52-58,61-62,80,85H,16-17,20-32,34-37H2,1-12H3,(H,70,82);3-6,18-19,22H,2,7-17,20-21H2,1H3,(H2,36,39)(H2,35,37,38)/b15-13+,18-14+,43-19+,47-33+;/t42-,44-,45-,46-,48-,49+,52+,53+,54-,55+,56-,57+,58-,61-,62+,69-;/m1./s1. The van der Waals surface area contributed by atoms with E-state index >= 15 is 0 Å². The van der Waals surface area contributed by atoms with Gasteiger partial charge in [-0.25, -0.2) is 39.4 Å². The number of oxazole rings is 1. The number of ether oxygens (including phenoxy) is 11. The van der Waals surface area contributed by atoms with Crippen molar-refractivity contribution >= 4 is 87.1 Å². The molecule has 1 aliphatic carbocycles. The molecule has 37 nitrogen and oxygen atoms in total. The van der Waals surface area contributed by atoms with Gasteiger partial charge in [0.1, 0.15) is 53.8 Å². The maximum absolute atomic E-state index is 14.9. The fourth-order valence-electron chi connectivity index (χ4n) is 19.4. The van der Waals surface area contributed by atoms with Gasteiger partial charge < -0.3 is 103 Å². The van der Waals surface area contributed by atoms with Crippen molar-refractivity contribution in [1.29, 1.82) is 0 Å². The number of anilines is 4. The number of nitrogens with zero attached hydrogens (tertiary/aromatic N) is 13. The third-order valence-electron chi connectivity index (χ3n) is 27.6. The Labute approximate surface area is 820 Å². The lowest BCUT2D eigenvalue weighted by atomic mass is 9.78. The minimum absolute atomic E-state index is 0.0171. The van der Waals surface area contributed by atoms with E-state index in [0.717, 1.165) is 47.3 Å². The van der Waals surface area contributed by atoms with E-state index in [4.69, 9.17) is 73.1 Å². The van der Waals surface area contributed by atoms with E-state index in [1.807, 2.05) is 104 Å². The summed E-state index contributed by atoms with van der Waals surface area (Å²) in [6, 6.07) is 10.9. The zero-order valence-corrected chi connectivity index (χ0v) is 83.4. The average Bonchev–Trinajstić information content (AvgIpc) is 1.58. The first-order valence-corrected chi connectivity index (χ1v) is 49.4. The molecule has 2 aromatic carbocycles. The van der Waals surface area contributed by atoms with Crippen LogP contribution in [-0.4, -0.2) is 294 Å². The van der Waals surface area contributed by atoms with Crippen LogP contribution in [0.1, 0.15) is 184 Å². The van der Waals surface area contributed by atoms with Crippen molar-refractivity contribution < 1.29 is 100 Å². The molecular weight excluding hydrogens is 1800 g/mol. The molecule has 6 aliphatic rings. The second kappa shape index (κ2) is 52.7. The molecule has 37 heteroatoms. The van der Waals surface area contributed by atoms with E-state index in [0.29, 0.717) is 226 Å². The highest BCUT2D eigenvalue weighted by molar-refractivity contribution is 6.39. The van der Waals surface area contributed by atoms with Gasteiger partial charge in [0, 0.05) is 155 Å². The van der Waals surface area contributed by atoms with Crippen LogP contribution in [0.4, 0.5) is 23.7 Å². The monoisotopic (exact) mass is 1940 g/mol. The number of ketones is 2. The predicted molar refractivity (Wildman–Crippen MR) is 525 cm³/mol. The van der Waals surface area contributed by atoms with E-state index < -0.39 is 90.2 Å². The lowest BCUT2D eigenvalue weighted by Gasteiger charge is -2.43. The number of aryl methyl sites for hydroxylation is 1. The molecule has 13 rings (SSSR count). The molecule has 762 valence electrons. The van der Waals surface area contributed by atoms with E-state index in [1.54, 1.807) is 54.6 Å². The van der Waals surface area contributed by atoms with Gasteiger partial charge >= 0.3 is 11.9 Å². The summed E-state index contributed by atoms with van der Waals surface area (Å²) in [7, 11) is 7.74. The summed E-state index contributed by atoms with van der Waals surface area (Å²) >= 11 is 0. The van der Waals surface area contributed by atoms with Crippen LogP contribution < -0.4 is 26.6 Å². The number of allylic oxidation sites excluding steroid dienone is 5. The number of nitrogen functional groups attached to an aromatic ring is 2. The summed E-state index contributed by atoms with van der Waals surface area (Å²) in [6.07, 6.45) is 22.1. The fraction of sp³-hybridized carbons (Fsp3) is 0.602. The van der Waals surface area contributed by atoms with Gasteiger partial charge in [-0.1, -0.05) is 96.2 Å². The van der Waals surface area contributed by atoms with Gasteiger partial charge in [-0.15, -0.1) is 0 Å². The second-order valence-electron chi connectivity index (χ2n) is 37.7. The smallest absolute Gasteiger partial charge is 0.329 e. The maximum Gasteiger partial charge on any atom is 0.329 e. The molecule has 3 saturated heterocycles. The molecule has 3 amide bonds. The summed E-state index contributed by atoms with van der Waals surface area (Å²) in [6.45, 7) is 23.9. The number of esters is 2. The largest absolute Gasteiger partial charge is 0.460 e. The van der Waals surface area contributed by atoms with Gasteiger partial charge in [0.15, 0.2) is 17.0 Å². The molecule has 7 aromatic rings. The molecule has 0 spiro atoms. The Morgan fingerprint density at radius 2 is 1.38 bits per heavy atom. The summed E-state index contributed by atoms with van der Waals surface area (Å²) in [5.74, 6) is -6.27. The van der Waals surface area contributed by atoms with E-state index in [1.165, 1.54) is 36.3 Å². The van der Waals surface area contributed by atoms with Crippen LogP contribution in [-0.2, 0) is 107 Å². The molecule has 10 heterocycles. The zero-order valence-electron chi connectivity index (χ0n) is 83.4. The van der Waals surface area contributed by atoms with Crippen LogP contribution in [0.25, 0.3) is 33.4 Å². The van der Waals surface area contributed by atoms with Gasteiger partial charge in [0.05, 0.1) is 94.6 Å². The predicted octanol–water partition coefficient (Wildman–Crippen LogP) is 10.7. The number of nitrogens with two attached hydrogens (primary N) is 2. The van der Waals surface area contributed by atoms with Gasteiger partial charge in [0.2, 0.25) is 23.6 Å². The number of rotatable bonds is 31. The number of nitrogens with one attached hydrogen (secondary N) is 1. The Morgan fingerprint density at radius 1 is 0.686 bits per heavy atom. The minimum atomic E-state index is -2.45. The topological polar surface area (TPSA) is 460 Å². The maximum atomic E-state index is 14.9. The number of methoxy groups -OCH3 is 4. The van der Waals surface area contributed by atoms with Gasteiger partial charge in [0.25, 0.3) is 23.6 Å². The second-order valence-corrected chi connectivity index (χ2v) is 37.7. The molecule has 4 fully saturated rings. The van der Waals surface area contributed by atoms with Crippen molar-refractivity contribution in [2.24, 2.45) is 35.5 Å². The van der Waals surface area contributed by atoms with Crippen LogP contribution in [0.2, 0.25) is 0 Å². The number of amides is 3. The molecule has 5 aliphatic heterocycles. The van der Waals surface area contributed by atoms with Crippen LogP contribution in [0, 0.1) is 35.5 Å². The fourth-order valence-corrected chi connectivity index (χ4v) is 19.4. The van der Waals surface area contributed by atoms with Gasteiger partial charge in [-0.2, -0.15) is 10.1 Å². The highest BCUT2D eigenvalue weighted by Crippen LogP contribution is 2.41. The highest BCUT2D eigenvalue weighted by Gasteiger charge is 2.53. The number of piperidine rings is 1. The van der Waals surface area contributed by atoms with Crippen LogP contribution in [0.3, 0.4) is 0 Å². The molecule has 5 aromatic heterocycles. The van der Waals surface area contributed by atoms with Gasteiger partial charge in [-0.3, -0.25) is 28.8 Å². The highest BCUT2D eigenvalue weighted by atomic mass is 16.6. The van der Waals surface area contributed by atoms with Crippen molar-refractivity contribution in [1.82, 2.24) is 59.8 Å². The molecule has 0 radical (unpaired) electrons. The Balaban J connectivity index is 0.000000304. The number of aromatic nitrogens is 9. The number of hydrogen-bond donors (Lipinski definition) is 5. The summed E-state index contributed by atoms with van der Waals surface area (Å²) in [4.78, 5) is 134. The van der Waals surface area contributed by atoms with Gasteiger partial charge in [-0.05, 0) is 167 Å². The van der Waals surface area contributed by atoms with Crippen molar-refractivity contribution in [3.05, 3.63) is 143 Å². The number of Topliss-reactive ketones (excluding diaryl/α,β-unsaturated/α-hetero) is 2. The zero-order chi connectivity index (χ0) is 100. The summed E-state index contributed by atoms with van der Waals surface area (Å²) < 4.78 is 72.0. The molecular formula is C103H144N16O21. The number of aliphatic hydroxyl groups excluding tert-OH is 1. The number of hydrogen-bond acceptors (Lipinski definition) is 33. The molecule has 16 atom stereocenters. The van der Waals surface area contributed by atoms with Crippen molar-refractivity contribution in [3.8, 4) is 11.3 Å². The third-order valence-corrected chi connectivity index (χ3v) is 27.6. The number of aliphatic hydroxyl groups is 2. The van der Waals surface area contributed by atoms with Crippen molar-refractivity contribution in [3.63, 3.8) is 0 Å². The Morgan fingerprint density at radius 3 is 2.06 bits per heavy atom. The molecule has 2 bridgehead atoms. The Bertz CT molecular complexity index is 5370. The lowest BCUT2D eigenvalue weighted by molar-refractivity contribution is -0.265. The average molecular weight is 1940 g/mol.